The van der Waals surface area contributed by atoms with Crippen LogP contribution in [0.15, 0.2) is 59.0 Å². The molecule has 1 aromatic heterocycles. The monoisotopic (exact) mass is 334 g/mol. The van der Waals surface area contributed by atoms with Gasteiger partial charge in [-0.25, -0.2) is 4.79 Å². The summed E-state index contributed by atoms with van der Waals surface area (Å²) >= 11 is 0. The minimum atomic E-state index is -0.461. The van der Waals surface area contributed by atoms with Gasteiger partial charge in [0.15, 0.2) is 6.61 Å². The van der Waals surface area contributed by atoms with Crippen molar-refractivity contribution in [3.8, 4) is 11.5 Å². The SMILES string of the molecule is Cc1cccc(/C=C/C(=O)OCc2nnc(-c3cccc(C)c3)o2)c1. The molecule has 0 atom stereocenters. The zero-order chi connectivity index (χ0) is 17.6. The molecule has 0 bridgehead atoms. The lowest BCUT2D eigenvalue weighted by molar-refractivity contribution is -0.139. The van der Waals surface area contributed by atoms with Crippen molar-refractivity contribution in [1.29, 1.82) is 0 Å². The average Bonchev–Trinajstić information content (AvgIpc) is 3.07. The summed E-state index contributed by atoms with van der Waals surface area (Å²) in [5, 5.41) is 7.89. The maximum absolute atomic E-state index is 11.8. The molecule has 0 aliphatic carbocycles. The number of rotatable bonds is 5. The summed E-state index contributed by atoms with van der Waals surface area (Å²) in [6, 6.07) is 15.6. The maximum atomic E-state index is 11.8. The van der Waals surface area contributed by atoms with Crippen molar-refractivity contribution in [3.05, 3.63) is 77.2 Å². The summed E-state index contributed by atoms with van der Waals surface area (Å²) in [6.07, 6.45) is 3.09. The Kier molecular flexibility index (Phi) is 5.04. The summed E-state index contributed by atoms with van der Waals surface area (Å²) in [4.78, 5) is 11.8. The van der Waals surface area contributed by atoms with Gasteiger partial charge in [0.1, 0.15) is 0 Å². The molecule has 0 fully saturated rings. The predicted octanol–water partition coefficient (Wildman–Crippen LogP) is 4.11. The van der Waals surface area contributed by atoms with Gasteiger partial charge in [-0.1, -0.05) is 47.5 Å². The van der Waals surface area contributed by atoms with Crippen LogP contribution in [-0.4, -0.2) is 16.2 Å². The lowest BCUT2D eigenvalue weighted by Gasteiger charge is -1.98. The van der Waals surface area contributed by atoms with Crippen LogP contribution in [0.2, 0.25) is 0 Å². The molecule has 0 amide bonds. The van der Waals surface area contributed by atoms with Gasteiger partial charge < -0.3 is 9.15 Å². The van der Waals surface area contributed by atoms with Crippen molar-refractivity contribution in [2.75, 3.05) is 0 Å². The van der Waals surface area contributed by atoms with E-state index in [4.69, 9.17) is 9.15 Å². The van der Waals surface area contributed by atoms with Crippen molar-refractivity contribution in [3.63, 3.8) is 0 Å². The molecule has 5 nitrogen and oxygen atoms in total. The van der Waals surface area contributed by atoms with Gasteiger partial charge in [-0.15, -0.1) is 10.2 Å². The van der Waals surface area contributed by atoms with E-state index in [1.54, 1.807) is 6.08 Å². The quantitative estimate of drug-likeness (QED) is 0.519. The molecule has 3 aromatic rings. The van der Waals surface area contributed by atoms with E-state index in [0.717, 1.165) is 22.3 Å². The molecule has 0 saturated carbocycles. The van der Waals surface area contributed by atoms with Crippen molar-refractivity contribution >= 4 is 12.0 Å². The van der Waals surface area contributed by atoms with Crippen LogP contribution >= 0.6 is 0 Å². The van der Waals surface area contributed by atoms with E-state index in [1.807, 2.05) is 62.4 Å². The van der Waals surface area contributed by atoms with Gasteiger partial charge in [0.05, 0.1) is 0 Å². The number of esters is 1. The molecule has 25 heavy (non-hydrogen) atoms. The van der Waals surface area contributed by atoms with Crippen LogP contribution in [0.1, 0.15) is 22.6 Å². The molecule has 5 heteroatoms. The van der Waals surface area contributed by atoms with Gasteiger partial charge in [-0.3, -0.25) is 0 Å². The van der Waals surface area contributed by atoms with Crippen LogP contribution < -0.4 is 0 Å². The highest BCUT2D eigenvalue weighted by atomic mass is 16.5. The molecule has 0 aliphatic heterocycles. The standard InChI is InChI=1S/C20H18N2O3/c1-14-5-3-7-16(11-14)9-10-19(23)24-13-18-21-22-20(25-18)17-8-4-6-15(2)12-17/h3-12H,13H2,1-2H3/b10-9+. The van der Waals surface area contributed by atoms with E-state index >= 15 is 0 Å². The zero-order valence-corrected chi connectivity index (χ0v) is 14.1. The Balaban J connectivity index is 1.58. The second kappa shape index (κ2) is 7.57. The van der Waals surface area contributed by atoms with Gasteiger partial charge >= 0.3 is 5.97 Å². The minimum Gasteiger partial charge on any atom is -0.452 e. The second-order valence-electron chi connectivity index (χ2n) is 5.73. The molecule has 1 heterocycles. The highest BCUT2D eigenvalue weighted by Crippen LogP contribution is 2.19. The smallest absolute Gasteiger partial charge is 0.331 e. The summed E-state index contributed by atoms with van der Waals surface area (Å²) in [6.45, 7) is 3.93. The summed E-state index contributed by atoms with van der Waals surface area (Å²) in [5.41, 5.74) is 4.01. The van der Waals surface area contributed by atoms with Crippen molar-refractivity contribution in [2.45, 2.75) is 20.5 Å². The highest BCUT2D eigenvalue weighted by Gasteiger charge is 2.10. The first-order chi connectivity index (χ1) is 12.1. The van der Waals surface area contributed by atoms with E-state index in [1.165, 1.54) is 6.08 Å². The molecule has 0 saturated heterocycles. The summed E-state index contributed by atoms with van der Waals surface area (Å²) < 4.78 is 10.7. The first kappa shape index (κ1) is 16.6. The first-order valence-electron chi connectivity index (χ1n) is 7.91. The Labute approximate surface area is 146 Å². The topological polar surface area (TPSA) is 65.2 Å². The molecule has 0 N–H and O–H groups in total. The third-order valence-electron chi connectivity index (χ3n) is 3.52. The minimum absolute atomic E-state index is 0.0597. The maximum Gasteiger partial charge on any atom is 0.331 e. The fourth-order valence-electron chi connectivity index (χ4n) is 2.33. The number of carbonyl (C=O) groups is 1. The van der Waals surface area contributed by atoms with Crippen LogP contribution in [0.5, 0.6) is 0 Å². The third kappa shape index (κ3) is 4.64. The average molecular weight is 334 g/mol. The second-order valence-corrected chi connectivity index (χ2v) is 5.73. The van der Waals surface area contributed by atoms with Crippen molar-refractivity contribution in [2.24, 2.45) is 0 Å². The van der Waals surface area contributed by atoms with E-state index in [2.05, 4.69) is 10.2 Å². The Morgan fingerprint density at radius 2 is 1.84 bits per heavy atom. The summed E-state index contributed by atoms with van der Waals surface area (Å²) in [7, 11) is 0. The molecule has 0 spiro atoms. The van der Waals surface area contributed by atoms with Gasteiger partial charge in [0.2, 0.25) is 5.89 Å². The lowest BCUT2D eigenvalue weighted by atomic mass is 10.1. The van der Waals surface area contributed by atoms with Crippen LogP contribution in [-0.2, 0) is 16.1 Å². The molecular formula is C20H18N2O3. The highest BCUT2D eigenvalue weighted by molar-refractivity contribution is 5.87. The van der Waals surface area contributed by atoms with E-state index in [9.17, 15) is 4.79 Å². The Morgan fingerprint density at radius 1 is 1.08 bits per heavy atom. The Bertz CT molecular complexity index is 913. The molecule has 3 rings (SSSR count). The van der Waals surface area contributed by atoms with Crippen LogP contribution in [0.25, 0.3) is 17.5 Å². The fraction of sp³-hybridized carbons (Fsp3) is 0.150. The van der Waals surface area contributed by atoms with Gasteiger partial charge in [0.25, 0.3) is 5.89 Å². The largest absolute Gasteiger partial charge is 0.452 e. The summed E-state index contributed by atoms with van der Waals surface area (Å²) in [5.74, 6) is 0.204. The molecule has 126 valence electrons. The molecule has 0 aliphatic rings. The molecular weight excluding hydrogens is 316 g/mol. The fourth-order valence-corrected chi connectivity index (χ4v) is 2.33. The zero-order valence-electron chi connectivity index (χ0n) is 14.1. The van der Waals surface area contributed by atoms with Crippen LogP contribution in [0.3, 0.4) is 0 Å². The van der Waals surface area contributed by atoms with Gasteiger partial charge in [0, 0.05) is 11.6 Å². The van der Waals surface area contributed by atoms with Gasteiger partial charge in [-0.2, -0.15) is 0 Å². The number of aryl methyl sites for hydroxylation is 2. The normalized spacial score (nSPS) is 11.0. The molecule has 0 unspecified atom stereocenters. The number of hydrogen-bond donors (Lipinski definition) is 0. The molecule has 0 radical (unpaired) electrons. The lowest BCUT2D eigenvalue weighted by Crippen LogP contribution is -2.00. The number of carbonyl (C=O) groups excluding carboxylic acids is 1. The van der Waals surface area contributed by atoms with Gasteiger partial charge in [-0.05, 0) is 37.6 Å². The Morgan fingerprint density at radius 3 is 2.60 bits per heavy atom. The predicted molar refractivity (Wildman–Crippen MR) is 94.5 cm³/mol. The number of nitrogens with zero attached hydrogens (tertiary/aromatic N) is 2. The Hall–Kier alpha value is -3.21. The van der Waals surface area contributed by atoms with Crippen LogP contribution in [0.4, 0.5) is 0 Å². The molecule has 2 aromatic carbocycles. The van der Waals surface area contributed by atoms with Crippen LogP contribution in [0, 0.1) is 13.8 Å². The number of hydrogen-bond acceptors (Lipinski definition) is 5. The third-order valence-corrected chi connectivity index (χ3v) is 3.52. The number of benzene rings is 2. The first-order valence-corrected chi connectivity index (χ1v) is 7.91. The number of aromatic nitrogens is 2. The van der Waals surface area contributed by atoms with E-state index < -0.39 is 5.97 Å². The van der Waals surface area contributed by atoms with E-state index in [-0.39, 0.29) is 12.5 Å². The van der Waals surface area contributed by atoms with Crippen molar-refractivity contribution < 1.29 is 13.9 Å². The van der Waals surface area contributed by atoms with Crippen molar-refractivity contribution in [1.82, 2.24) is 10.2 Å². The number of ether oxygens (including phenoxy) is 1. The van der Waals surface area contributed by atoms with E-state index in [0.29, 0.717) is 5.89 Å².